The maximum absolute atomic E-state index is 13.3. The quantitative estimate of drug-likeness (QED) is 0.877. The molecule has 3 rings (SSSR count). The zero-order valence-electron chi connectivity index (χ0n) is 12.5. The molecule has 0 amide bonds. The number of piperidine rings is 1. The van der Waals surface area contributed by atoms with E-state index in [0.29, 0.717) is 19.4 Å². The maximum Gasteiger partial charge on any atom is 0.418 e. The van der Waals surface area contributed by atoms with Crippen molar-refractivity contribution < 1.29 is 18.3 Å². The summed E-state index contributed by atoms with van der Waals surface area (Å²) in [7, 11) is 0. The minimum atomic E-state index is -4.55. The minimum absolute atomic E-state index is 0.0580. The molecule has 1 aromatic carbocycles. The van der Waals surface area contributed by atoms with Gasteiger partial charge in [-0.15, -0.1) is 0 Å². The van der Waals surface area contributed by atoms with Crippen LogP contribution >= 0.6 is 0 Å². The van der Waals surface area contributed by atoms with E-state index in [9.17, 15) is 18.3 Å². The normalized spacial score (nSPS) is 21.5. The number of alkyl halides is 3. The molecule has 1 fully saturated rings. The second-order valence-corrected chi connectivity index (χ2v) is 5.75. The summed E-state index contributed by atoms with van der Waals surface area (Å²) in [5.74, 6) is 0. The Hall–Kier alpha value is -2.60. The fourth-order valence-electron chi connectivity index (χ4n) is 2.98. The lowest BCUT2D eigenvalue weighted by molar-refractivity contribution is -0.137. The predicted molar refractivity (Wildman–Crippen MR) is 77.9 cm³/mol. The van der Waals surface area contributed by atoms with E-state index in [1.54, 1.807) is 0 Å². The first-order valence-electron chi connectivity index (χ1n) is 7.28. The fraction of sp³-hybridized carbons (Fsp3) is 0.400. The molecule has 0 radical (unpaired) electrons. The standard InChI is InChI=1S/C15H14F3N5O/c16-15(17,18)11-3-2-10(7-19)6-12(11)23-5-1-4-14(24,9-23)13-8-20-22-21-13/h2-3,6,8,24H,1,4-5,9H2,(H,20,21,22). The van der Waals surface area contributed by atoms with Gasteiger partial charge in [0.1, 0.15) is 11.3 Å². The number of H-pyrrole nitrogens is 1. The van der Waals surface area contributed by atoms with Crippen LogP contribution in [0.3, 0.4) is 0 Å². The molecule has 2 aromatic rings. The largest absolute Gasteiger partial charge is 0.418 e. The molecule has 1 aliphatic heterocycles. The molecule has 1 aromatic heterocycles. The predicted octanol–water partition coefficient (Wildman–Crippen LogP) is 2.18. The van der Waals surface area contributed by atoms with E-state index >= 15 is 0 Å². The van der Waals surface area contributed by atoms with Gasteiger partial charge in [-0.25, -0.2) is 0 Å². The molecule has 0 saturated carbocycles. The van der Waals surface area contributed by atoms with Crippen molar-refractivity contribution in [3.05, 3.63) is 41.2 Å². The Kier molecular flexibility index (Phi) is 3.93. The van der Waals surface area contributed by atoms with Crippen molar-refractivity contribution in [1.82, 2.24) is 15.4 Å². The van der Waals surface area contributed by atoms with E-state index in [1.807, 2.05) is 6.07 Å². The van der Waals surface area contributed by atoms with Gasteiger partial charge in [-0.05, 0) is 31.0 Å². The maximum atomic E-state index is 13.3. The zero-order chi connectivity index (χ0) is 17.4. The van der Waals surface area contributed by atoms with Crippen molar-refractivity contribution in [1.29, 1.82) is 5.26 Å². The number of nitriles is 1. The number of nitrogens with zero attached hydrogens (tertiary/aromatic N) is 4. The highest BCUT2D eigenvalue weighted by atomic mass is 19.4. The number of rotatable bonds is 2. The smallest absolute Gasteiger partial charge is 0.382 e. The first-order valence-corrected chi connectivity index (χ1v) is 7.28. The van der Waals surface area contributed by atoms with Gasteiger partial charge in [0.2, 0.25) is 0 Å². The Morgan fingerprint density at radius 2 is 2.17 bits per heavy atom. The molecular formula is C15H14F3N5O. The Morgan fingerprint density at radius 1 is 1.38 bits per heavy atom. The minimum Gasteiger partial charge on any atom is -0.382 e. The average molecular weight is 337 g/mol. The van der Waals surface area contributed by atoms with Crippen LogP contribution in [-0.4, -0.2) is 33.6 Å². The number of aromatic amines is 1. The van der Waals surface area contributed by atoms with Crippen molar-refractivity contribution >= 4 is 5.69 Å². The molecule has 1 atom stereocenters. The van der Waals surface area contributed by atoms with Gasteiger partial charge >= 0.3 is 6.18 Å². The third kappa shape index (κ3) is 2.92. The Labute approximate surface area is 135 Å². The molecule has 2 N–H and O–H groups in total. The molecule has 126 valence electrons. The molecule has 9 heteroatoms. The summed E-state index contributed by atoms with van der Waals surface area (Å²) in [4.78, 5) is 1.45. The van der Waals surface area contributed by atoms with Crippen LogP contribution in [0.15, 0.2) is 24.4 Å². The Bertz CT molecular complexity index is 768. The van der Waals surface area contributed by atoms with Gasteiger partial charge in [0.15, 0.2) is 0 Å². The first kappa shape index (κ1) is 16.3. The summed E-state index contributed by atoms with van der Waals surface area (Å²) in [6.45, 7) is 0.287. The molecule has 24 heavy (non-hydrogen) atoms. The number of hydrogen-bond donors (Lipinski definition) is 2. The van der Waals surface area contributed by atoms with Gasteiger partial charge in [0.25, 0.3) is 0 Å². The monoisotopic (exact) mass is 337 g/mol. The number of anilines is 1. The lowest BCUT2D eigenvalue weighted by Crippen LogP contribution is -2.47. The first-order chi connectivity index (χ1) is 11.3. The third-order valence-corrected chi connectivity index (χ3v) is 4.14. The summed E-state index contributed by atoms with van der Waals surface area (Å²) in [6, 6.07) is 5.09. The van der Waals surface area contributed by atoms with Crippen LogP contribution in [0.4, 0.5) is 18.9 Å². The van der Waals surface area contributed by atoms with Crippen LogP contribution in [0.5, 0.6) is 0 Å². The van der Waals surface area contributed by atoms with Crippen molar-refractivity contribution in [3.63, 3.8) is 0 Å². The van der Waals surface area contributed by atoms with Crippen molar-refractivity contribution in [2.75, 3.05) is 18.0 Å². The zero-order valence-corrected chi connectivity index (χ0v) is 12.5. The van der Waals surface area contributed by atoms with E-state index in [0.717, 1.165) is 12.1 Å². The molecule has 0 aliphatic carbocycles. The number of aromatic nitrogens is 3. The van der Waals surface area contributed by atoms with Crippen LogP contribution in [0.1, 0.15) is 29.7 Å². The van der Waals surface area contributed by atoms with Gasteiger partial charge in [0.05, 0.1) is 35.6 Å². The van der Waals surface area contributed by atoms with E-state index in [4.69, 9.17) is 5.26 Å². The average Bonchev–Trinajstić information content (AvgIpc) is 3.09. The van der Waals surface area contributed by atoms with E-state index in [2.05, 4.69) is 15.4 Å². The van der Waals surface area contributed by atoms with Crippen LogP contribution in [0.2, 0.25) is 0 Å². The second kappa shape index (κ2) is 5.79. The van der Waals surface area contributed by atoms with Gasteiger partial charge in [-0.1, -0.05) is 0 Å². The van der Waals surface area contributed by atoms with Crippen LogP contribution in [0, 0.1) is 11.3 Å². The lowest BCUT2D eigenvalue weighted by Gasteiger charge is -2.40. The van der Waals surface area contributed by atoms with Crippen LogP contribution in [-0.2, 0) is 11.8 Å². The molecule has 0 bridgehead atoms. The summed E-state index contributed by atoms with van der Waals surface area (Å²) < 4.78 is 39.9. The van der Waals surface area contributed by atoms with Crippen molar-refractivity contribution in [2.24, 2.45) is 0 Å². The molecule has 1 saturated heterocycles. The van der Waals surface area contributed by atoms with Crippen LogP contribution < -0.4 is 4.90 Å². The molecular weight excluding hydrogens is 323 g/mol. The Balaban J connectivity index is 2.01. The van der Waals surface area contributed by atoms with Gasteiger partial charge in [-0.3, -0.25) is 0 Å². The summed E-state index contributed by atoms with van der Waals surface area (Å²) in [5.41, 5.74) is -1.91. The lowest BCUT2D eigenvalue weighted by atomic mass is 9.89. The second-order valence-electron chi connectivity index (χ2n) is 5.75. The van der Waals surface area contributed by atoms with Crippen molar-refractivity contribution in [3.8, 4) is 6.07 Å². The molecule has 6 nitrogen and oxygen atoms in total. The number of β-amino-alcohol motifs (C(OH)–C–C–N with tert-alkyl or cyclic N) is 1. The van der Waals surface area contributed by atoms with E-state index in [1.165, 1.54) is 17.2 Å². The SMILES string of the molecule is N#Cc1ccc(C(F)(F)F)c(N2CCCC(O)(c3cn[nH]n3)C2)c1. The summed E-state index contributed by atoms with van der Waals surface area (Å²) in [6.07, 6.45) is -2.33. The van der Waals surface area contributed by atoms with Crippen molar-refractivity contribution in [2.45, 2.75) is 24.6 Å². The van der Waals surface area contributed by atoms with Gasteiger partial charge < -0.3 is 10.0 Å². The molecule has 2 heterocycles. The molecule has 1 aliphatic rings. The number of halogens is 3. The highest BCUT2D eigenvalue weighted by Crippen LogP contribution is 2.40. The van der Waals surface area contributed by atoms with Gasteiger partial charge in [0, 0.05) is 6.54 Å². The van der Waals surface area contributed by atoms with Crippen LogP contribution in [0.25, 0.3) is 0 Å². The third-order valence-electron chi connectivity index (χ3n) is 4.14. The molecule has 1 unspecified atom stereocenters. The highest BCUT2D eigenvalue weighted by molar-refractivity contribution is 5.59. The molecule has 0 spiro atoms. The number of aliphatic hydroxyl groups is 1. The number of nitrogens with one attached hydrogen (secondary N) is 1. The van der Waals surface area contributed by atoms with E-state index < -0.39 is 17.3 Å². The highest BCUT2D eigenvalue weighted by Gasteiger charge is 2.41. The number of benzene rings is 1. The summed E-state index contributed by atoms with van der Waals surface area (Å²) in [5, 5.41) is 29.7. The topological polar surface area (TPSA) is 88.8 Å². The Morgan fingerprint density at radius 3 is 2.79 bits per heavy atom. The summed E-state index contributed by atoms with van der Waals surface area (Å²) >= 11 is 0. The van der Waals surface area contributed by atoms with E-state index in [-0.39, 0.29) is 23.5 Å². The van der Waals surface area contributed by atoms with Gasteiger partial charge in [-0.2, -0.15) is 33.8 Å². The number of hydrogen-bond acceptors (Lipinski definition) is 5. The fourth-order valence-corrected chi connectivity index (χ4v) is 2.98.